The quantitative estimate of drug-likeness (QED) is 0.903. The molecule has 0 amide bonds. The van der Waals surface area contributed by atoms with E-state index < -0.39 is 0 Å². The molecule has 0 saturated carbocycles. The van der Waals surface area contributed by atoms with E-state index in [2.05, 4.69) is 22.8 Å². The molecule has 1 N–H and O–H groups in total. The Bertz CT molecular complexity index is 446. The molecule has 0 radical (unpaired) electrons. The van der Waals surface area contributed by atoms with Gasteiger partial charge in [0, 0.05) is 32.2 Å². The molecule has 0 bridgehead atoms. The number of benzene rings is 1. The van der Waals surface area contributed by atoms with Crippen LogP contribution in [0.1, 0.15) is 30.9 Å². The average Bonchev–Trinajstić information content (AvgIpc) is 2.82. The van der Waals surface area contributed by atoms with Crippen molar-refractivity contribution in [2.45, 2.75) is 38.8 Å². The van der Waals surface area contributed by atoms with E-state index in [4.69, 9.17) is 0 Å². The highest BCUT2D eigenvalue weighted by atomic mass is 16.3. The predicted octanol–water partition coefficient (Wildman–Crippen LogP) is 2.23. The fraction of sp³-hybridized carbons (Fsp3) is 0.625. The van der Waals surface area contributed by atoms with Crippen LogP contribution in [0.3, 0.4) is 0 Å². The van der Waals surface area contributed by atoms with Crippen LogP contribution in [0.2, 0.25) is 0 Å². The van der Waals surface area contributed by atoms with Gasteiger partial charge in [0.2, 0.25) is 0 Å². The lowest BCUT2D eigenvalue weighted by Crippen LogP contribution is -2.39. The summed E-state index contributed by atoms with van der Waals surface area (Å²) in [5, 5.41) is 9.51. The minimum absolute atomic E-state index is 0.401. The van der Waals surface area contributed by atoms with Crippen LogP contribution in [0, 0.1) is 0 Å². The van der Waals surface area contributed by atoms with E-state index in [0.717, 1.165) is 25.6 Å². The van der Waals surface area contributed by atoms with Gasteiger partial charge >= 0.3 is 0 Å². The maximum Gasteiger partial charge on any atom is 0.115 e. The van der Waals surface area contributed by atoms with E-state index >= 15 is 0 Å². The molecule has 19 heavy (non-hydrogen) atoms. The summed E-state index contributed by atoms with van der Waals surface area (Å²) in [5.74, 6) is 0.401. The first-order valence-electron chi connectivity index (χ1n) is 7.49. The van der Waals surface area contributed by atoms with Gasteiger partial charge < -0.3 is 5.11 Å². The Kier molecular flexibility index (Phi) is 3.76. The Labute approximate surface area is 115 Å². The molecule has 1 atom stereocenters. The normalized spacial score (nSPS) is 24.6. The molecule has 1 aromatic carbocycles. The zero-order valence-electron chi connectivity index (χ0n) is 11.8. The zero-order valence-corrected chi connectivity index (χ0v) is 11.8. The highest BCUT2D eigenvalue weighted by molar-refractivity contribution is 5.36. The summed E-state index contributed by atoms with van der Waals surface area (Å²) < 4.78 is 0. The van der Waals surface area contributed by atoms with Gasteiger partial charge in [-0.1, -0.05) is 6.07 Å². The number of phenolic OH excluding ortho intramolecular Hbond substituents is 1. The van der Waals surface area contributed by atoms with Gasteiger partial charge in [-0.05, 0) is 56.0 Å². The minimum atomic E-state index is 0.401. The SMILES string of the molecule is CC1CCCN1CCN1CCc2cc(O)ccc2C1. The van der Waals surface area contributed by atoms with Crippen LogP contribution < -0.4 is 0 Å². The van der Waals surface area contributed by atoms with Crippen LogP contribution in [0.4, 0.5) is 0 Å². The Morgan fingerprint density at radius 2 is 2.11 bits per heavy atom. The lowest BCUT2D eigenvalue weighted by atomic mass is 9.99. The van der Waals surface area contributed by atoms with Crippen molar-refractivity contribution in [1.82, 2.24) is 9.80 Å². The Hall–Kier alpha value is -1.06. The first-order chi connectivity index (χ1) is 9.22. The molecule has 1 aromatic rings. The number of likely N-dealkylation sites (tertiary alicyclic amines) is 1. The van der Waals surface area contributed by atoms with Crippen LogP contribution in [-0.4, -0.2) is 47.1 Å². The standard InChI is InChI=1S/C16H24N2O/c1-13-3-2-7-18(13)10-9-17-8-6-14-11-16(19)5-4-15(14)12-17/h4-5,11,13,19H,2-3,6-10,12H2,1H3. The van der Waals surface area contributed by atoms with E-state index in [1.807, 2.05) is 12.1 Å². The van der Waals surface area contributed by atoms with E-state index in [1.54, 1.807) is 0 Å². The Balaban J connectivity index is 1.55. The van der Waals surface area contributed by atoms with Crippen LogP contribution >= 0.6 is 0 Å². The smallest absolute Gasteiger partial charge is 0.115 e. The van der Waals surface area contributed by atoms with Crippen LogP contribution in [0.15, 0.2) is 18.2 Å². The molecule has 2 aliphatic heterocycles. The Morgan fingerprint density at radius 1 is 1.21 bits per heavy atom. The van der Waals surface area contributed by atoms with Crippen molar-refractivity contribution in [2.75, 3.05) is 26.2 Å². The van der Waals surface area contributed by atoms with Crippen molar-refractivity contribution in [2.24, 2.45) is 0 Å². The monoisotopic (exact) mass is 260 g/mol. The minimum Gasteiger partial charge on any atom is -0.508 e. The fourth-order valence-corrected chi connectivity index (χ4v) is 3.38. The number of hydrogen-bond acceptors (Lipinski definition) is 3. The number of fused-ring (bicyclic) bond motifs is 1. The molecule has 3 heteroatoms. The highest BCUT2D eigenvalue weighted by Gasteiger charge is 2.22. The van der Waals surface area contributed by atoms with Gasteiger partial charge in [-0.2, -0.15) is 0 Å². The van der Waals surface area contributed by atoms with Gasteiger partial charge in [0.25, 0.3) is 0 Å². The molecule has 0 aromatic heterocycles. The second kappa shape index (κ2) is 5.51. The molecule has 1 unspecified atom stereocenters. The number of aromatic hydroxyl groups is 1. The first-order valence-corrected chi connectivity index (χ1v) is 7.49. The van der Waals surface area contributed by atoms with Gasteiger partial charge in [0.1, 0.15) is 5.75 Å². The van der Waals surface area contributed by atoms with Gasteiger partial charge in [-0.25, -0.2) is 0 Å². The highest BCUT2D eigenvalue weighted by Crippen LogP contribution is 2.23. The summed E-state index contributed by atoms with van der Waals surface area (Å²) in [5.41, 5.74) is 2.71. The van der Waals surface area contributed by atoms with Crippen molar-refractivity contribution in [1.29, 1.82) is 0 Å². The average molecular weight is 260 g/mol. The number of hydrogen-bond donors (Lipinski definition) is 1. The topological polar surface area (TPSA) is 26.7 Å². The molecule has 0 aliphatic carbocycles. The summed E-state index contributed by atoms with van der Waals surface area (Å²) in [6, 6.07) is 6.59. The van der Waals surface area contributed by atoms with Crippen molar-refractivity contribution >= 4 is 0 Å². The van der Waals surface area contributed by atoms with Crippen molar-refractivity contribution in [3.05, 3.63) is 29.3 Å². The van der Waals surface area contributed by atoms with E-state index in [0.29, 0.717) is 5.75 Å². The van der Waals surface area contributed by atoms with E-state index in [1.165, 1.54) is 43.6 Å². The second-order valence-electron chi connectivity index (χ2n) is 6.01. The fourth-order valence-electron chi connectivity index (χ4n) is 3.38. The maximum atomic E-state index is 9.51. The van der Waals surface area contributed by atoms with Crippen LogP contribution in [0.25, 0.3) is 0 Å². The van der Waals surface area contributed by atoms with Gasteiger partial charge in [0.15, 0.2) is 0 Å². The number of phenols is 1. The molecule has 3 nitrogen and oxygen atoms in total. The lowest BCUT2D eigenvalue weighted by Gasteiger charge is -2.31. The van der Waals surface area contributed by atoms with Crippen molar-refractivity contribution in [3.63, 3.8) is 0 Å². The molecule has 2 aliphatic rings. The maximum absolute atomic E-state index is 9.51. The van der Waals surface area contributed by atoms with E-state index in [-0.39, 0.29) is 0 Å². The molecule has 0 spiro atoms. The van der Waals surface area contributed by atoms with Gasteiger partial charge in [-0.15, -0.1) is 0 Å². The van der Waals surface area contributed by atoms with Crippen molar-refractivity contribution in [3.8, 4) is 5.75 Å². The molecule has 1 fully saturated rings. The van der Waals surface area contributed by atoms with Crippen LogP contribution in [-0.2, 0) is 13.0 Å². The predicted molar refractivity (Wildman–Crippen MR) is 77.4 cm³/mol. The van der Waals surface area contributed by atoms with Crippen LogP contribution in [0.5, 0.6) is 5.75 Å². The molecular weight excluding hydrogens is 236 g/mol. The third kappa shape index (κ3) is 2.93. The van der Waals surface area contributed by atoms with Crippen molar-refractivity contribution < 1.29 is 5.11 Å². The molecule has 1 saturated heterocycles. The third-order valence-corrected chi connectivity index (χ3v) is 4.68. The Morgan fingerprint density at radius 3 is 2.89 bits per heavy atom. The molecule has 104 valence electrons. The lowest BCUT2D eigenvalue weighted by molar-refractivity contribution is 0.189. The summed E-state index contributed by atoms with van der Waals surface area (Å²) >= 11 is 0. The number of rotatable bonds is 3. The molecular formula is C16H24N2O. The van der Waals surface area contributed by atoms with Gasteiger partial charge in [0.05, 0.1) is 0 Å². The summed E-state index contributed by atoms with van der Waals surface area (Å²) in [7, 11) is 0. The zero-order chi connectivity index (χ0) is 13.2. The van der Waals surface area contributed by atoms with Gasteiger partial charge in [-0.3, -0.25) is 9.80 Å². The summed E-state index contributed by atoms with van der Waals surface area (Å²) in [4.78, 5) is 5.16. The first kappa shape index (κ1) is 12.9. The largest absolute Gasteiger partial charge is 0.508 e. The third-order valence-electron chi connectivity index (χ3n) is 4.68. The summed E-state index contributed by atoms with van der Waals surface area (Å²) in [6.07, 6.45) is 3.80. The summed E-state index contributed by atoms with van der Waals surface area (Å²) in [6.45, 7) is 8.16. The second-order valence-corrected chi connectivity index (χ2v) is 6.01. The molecule has 3 rings (SSSR count). The molecule has 2 heterocycles. The van der Waals surface area contributed by atoms with E-state index in [9.17, 15) is 5.11 Å². The number of nitrogens with zero attached hydrogens (tertiary/aromatic N) is 2.